The number of fused-ring (bicyclic) bond motifs is 3. The van der Waals surface area contributed by atoms with E-state index in [0.29, 0.717) is 11.2 Å². The first-order valence-electron chi connectivity index (χ1n) is 5.51. The zero-order chi connectivity index (χ0) is 10.3. The minimum Gasteiger partial charge on any atom is -0.379 e. The van der Waals surface area contributed by atoms with Crippen LogP contribution in [0.3, 0.4) is 0 Å². The lowest BCUT2D eigenvalue weighted by Crippen LogP contribution is -2.47. The summed E-state index contributed by atoms with van der Waals surface area (Å²) in [5.41, 5.74) is 2.24. The van der Waals surface area contributed by atoms with Crippen LogP contribution in [-0.2, 0) is 0 Å². The van der Waals surface area contributed by atoms with E-state index in [1.54, 1.807) is 6.20 Å². The highest BCUT2D eigenvalue weighted by Gasteiger charge is 2.29. The van der Waals surface area contributed by atoms with E-state index in [2.05, 4.69) is 21.3 Å². The van der Waals surface area contributed by atoms with E-state index >= 15 is 0 Å². The lowest BCUT2D eigenvalue weighted by molar-refractivity contribution is 0.466. The fraction of sp³-hybridized carbons (Fsp3) is 0.545. The molecule has 1 aromatic rings. The summed E-state index contributed by atoms with van der Waals surface area (Å²) in [7, 11) is 0. The van der Waals surface area contributed by atoms with Gasteiger partial charge in [0.15, 0.2) is 5.15 Å². The fourth-order valence-electron chi connectivity index (χ4n) is 2.58. The highest BCUT2D eigenvalue weighted by Crippen LogP contribution is 2.38. The van der Waals surface area contributed by atoms with Crippen molar-refractivity contribution >= 4 is 23.0 Å². The van der Waals surface area contributed by atoms with Gasteiger partial charge in [0.05, 0.1) is 11.4 Å². The number of hydrogen-bond donors (Lipinski definition) is 1. The summed E-state index contributed by atoms with van der Waals surface area (Å²) in [6.07, 6.45) is 5.71. The van der Waals surface area contributed by atoms with Gasteiger partial charge in [-0.25, -0.2) is 4.98 Å². The third-order valence-electron chi connectivity index (χ3n) is 3.33. The van der Waals surface area contributed by atoms with Crippen molar-refractivity contribution in [2.45, 2.75) is 25.3 Å². The Bertz CT molecular complexity index is 380. The molecule has 1 fully saturated rings. The molecule has 0 amide bonds. The maximum Gasteiger partial charge on any atom is 0.154 e. The molecule has 0 saturated carbocycles. The molecule has 3 nitrogen and oxygen atoms in total. The van der Waals surface area contributed by atoms with Gasteiger partial charge < -0.3 is 10.2 Å². The molecule has 1 unspecified atom stereocenters. The van der Waals surface area contributed by atoms with Crippen LogP contribution in [0.15, 0.2) is 12.3 Å². The van der Waals surface area contributed by atoms with E-state index in [0.717, 1.165) is 18.8 Å². The number of pyridine rings is 1. The van der Waals surface area contributed by atoms with Crippen LogP contribution in [0.2, 0.25) is 5.15 Å². The summed E-state index contributed by atoms with van der Waals surface area (Å²) in [5.74, 6) is 0. The second-order valence-corrected chi connectivity index (χ2v) is 4.58. The molecule has 1 N–H and O–H groups in total. The summed E-state index contributed by atoms with van der Waals surface area (Å²) in [5, 5.41) is 3.99. The first-order chi connectivity index (χ1) is 7.36. The van der Waals surface area contributed by atoms with E-state index in [4.69, 9.17) is 11.6 Å². The number of nitrogens with one attached hydrogen (secondary N) is 1. The SMILES string of the molecule is Clc1nccc2c1NCC1CCCCN21. The molecule has 0 aliphatic carbocycles. The Labute approximate surface area is 94.4 Å². The van der Waals surface area contributed by atoms with E-state index in [1.165, 1.54) is 24.9 Å². The molecular weight excluding hydrogens is 210 g/mol. The van der Waals surface area contributed by atoms with Crippen LogP contribution >= 0.6 is 11.6 Å². The Balaban J connectivity index is 2.03. The number of nitrogens with zero attached hydrogens (tertiary/aromatic N) is 2. The maximum atomic E-state index is 6.07. The number of rotatable bonds is 0. The summed E-state index contributed by atoms with van der Waals surface area (Å²) in [6, 6.07) is 2.70. The van der Waals surface area contributed by atoms with Crippen molar-refractivity contribution < 1.29 is 0 Å². The van der Waals surface area contributed by atoms with E-state index in [1.807, 2.05) is 0 Å². The molecule has 3 heterocycles. The van der Waals surface area contributed by atoms with Gasteiger partial charge in [-0.15, -0.1) is 0 Å². The standard InChI is InChI=1S/C11H14ClN3/c12-11-10-9(4-5-13-11)15-6-2-1-3-8(15)7-14-10/h4-5,8,14H,1-3,6-7H2. The van der Waals surface area contributed by atoms with Crippen molar-refractivity contribution in [3.63, 3.8) is 0 Å². The molecule has 2 aliphatic rings. The lowest BCUT2D eigenvalue weighted by atomic mass is 9.99. The molecule has 0 spiro atoms. The van der Waals surface area contributed by atoms with Crippen LogP contribution in [0, 0.1) is 0 Å². The van der Waals surface area contributed by atoms with E-state index < -0.39 is 0 Å². The molecule has 80 valence electrons. The Hall–Kier alpha value is -0.960. The van der Waals surface area contributed by atoms with E-state index in [9.17, 15) is 0 Å². The van der Waals surface area contributed by atoms with Crippen LogP contribution in [0.5, 0.6) is 0 Å². The van der Waals surface area contributed by atoms with Crippen molar-refractivity contribution in [1.29, 1.82) is 0 Å². The molecular formula is C11H14ClN3. The zero-order valence-corrected chi connectivity index (χ0v) is 9.30. The van der Waals surface area contributed by atoms with Crippen LogP contribution in [0.4, 0.5) is 11.4 Å². The van der Waals surface area contributed by atoms with Crippen LogP contribution in [-0.4, -0.2) is 24.1 Å². The summed E-state index contributed by atoms with van der Waals surface area (Å²) in [4.78, 5) is 6.58. The van der Waals surface area contributed by atoms with Gasteiger partial charge in [0.1, 0.15) is 0 Å². The first kappa shape index (κ1) is 9.28. The zero-order valence-electron chi connectivity index (χ0n) is 8.54. The van der Waals surface area contributed by atoms with Gasteiger partial charge in [0.25, 0.3) is 0 Å². The van der Waals surface area contributed by atoms with Crippen molar-refractivity contribution in [2.75, 3.05) is 23.3 Å². The number of anilines is 2. The number of hydrogen-bond acceptors (Lipinski definition) is 3. The smallest absolute Gasteiger partial charge is 0.154 e. The third kappa shape index (κ3) is 1.46. The number of halogens is 1. The Morgan fingerprint density at radius 1 is 1.47 bits per heavy atom. The van der Waals surface area contributed by atoms with Gasteiger partial charge in [-0.2, -0.15) is 0 Å². The van der Waals surface area contributed by atoms with Gasteiger partial charge >= 0.3 is 0 Å². The summed E-state index contributed by atoms with van der Waals surface area (Å²) >= 11 is 6.07. The number of piperidine rings is 1. The monoisotopic (exact) mass is 223 g/mol. The third-order valence-corrected chi connectivity index (χ3v) is 3.62. The second kappa shape index (κ2) is 3.56. The highest BCUT2D eigenvalue weighted by molar-refractivity contribution is 6.32. The molecule has 1 atom stereocenters. The van der Waals surface area contributed by atoms with Gasteiger partial charge in [-0.3, -0.25) is 0 Å². The quantitative estimate of drug-likeness (QED) is 0.685. The molecule has 1 saturated heterocycles. The topological polar surface area (TPSA) is 28.2 Å². The van der Waals surface area contributed by atoms with Crippen LogP contribution < -0.4 is 10.2 Å². The Morgan fingerprint density at radius 2 is 2.40 bits per heavy atom. The van der Waals surface area contributed by atoms with E-state index in [-0.39, 0.29) is 0 Å². The predicted octanol–water partition coefficient (Wildman–Crippen LogP) is 2.52. The molecule has 0 bridgehead atoms. The molecule has 15 heavy (non-hydrogen) atoms. The molecule has 0 radical (unpaired) electrons. The van der Waals surface area contributed by atoms with Gasteiger partial charge in [-0.1, -0.05) is 11.6 Å². The highest BCUT2D eigenvalue weighted by atomic mass is 35.5. The fourth-order valence-corrected chi connectivity index (χ4v) is 2.80. The predicted molar refractivity (Wildman–Crippen MR) is 62.7 cm³/mol. The average molecular weight is 224 g/mol. The maximum absolute atomic E-state index is 6.07. The van der Waals surface area contributed by atoms with Crippen LogP contribution in [0.1, 0.15) is 19.3 Å². The van der Waals surface area contributed by atoms with Gasteiger partial charge in [0, 0.05) is 25.3 Å². The first-order valence-corrected chi connectivity index (χ1v) is 5.89. The van der Waals surface area contributed by atoms with Gasteiger partial charge in [-0.05, 0) is 25.3 Å². The van der Waals surface area contributed by atoms with Crippen molar-refractivity contribution in [3.8, 4) is 0 Å². The van der Waals surface area contributed by atoms with Crippen LogP contribution in [0.25, 0.3) is 0 Å². The minimum atomic E-state index is 0.594. The normalized spacial score (nSPS) is 24.1. The molecule has 2 aliphatic heterocycles. The second-order valence-electron chi connectivity index (χ2n) is 4.22. The lowest BCUT2D eigenvalue weighted by Gasteiger charge is -2.42. The average Bonchev–Trinajstić information content (AvgIpc) is 2.29. The molecule has 0 aromatic carbocycles. The Morgan fingerprint density at radius 3 is 3.33 bits per heavy atom. The minimum absolute atomic E-state index is 0.594. The van der Waals surface area contributed by atoms with Crippen molar-refractivity contribution in [1.82, 2.24) is 4.98 Å². The largest absolute Gasteiger partial charge is 0.379 e. The van der Waals surface area contributed by atoms with Crippen molar-refractivity contribution in [3.05, 3.63) is 17.4 Å². The number of aromatic nitrogens is 1. The summed E-state index contributed by atoms with van der Waals surface area (Å²) < 4.78 is 0. The molecule has 1 aromatic heterocycles. The van der Waals surface area contributed by atoms with Crippen molar-refractivity contribution in [2.24, 2.45) is 0 Å². The molecule has 3 rings (SSSR count). The Kier molecular flexibility index (Phi) is 2.20. The summed E-state index contributed by atoms with van der Waals surface area (Å²) in [6.45, 7) is 2.15. The molecule has 4 heteroatoms. The van der Waals surface area contributed by atoms with Gasteiger partial charge in [0.2, 0.25) is 0 Å².